The van der Waals surface area contributed by atoms with Crippen molar-refractivity contribution in [3.8, 4) is 0 Å². The van der Waals surface area contributed by atoms with Crippen molar-refractivity contribution < 1.29 is 14.6 Å². The van der Waals surface area contributed by atoms with Crippen molar-refractivity contribution >= 4 is 5.97 Å². The van der Waals surface area contributed by atoms with E-state index >= 15 is 0 Å². The molecule has 0 aromatic rings. The van der Waals surface area contributed by atoms with Crippen LogP contribution >= 0.6 is 0 Å². The van der Waals surface area contributed by atoms with Crippen molar-refractivity contribution in [2.24, 2.45) is 5.41 Å². The summed E-state index contributed by atoms with van der Waals surface area (Å²) < 4.78 is 4.99. The highest BCUT2D eigenvalue weighted by atomic mass is 16.5. The first-order valence-corrected chi connectivity index (χ1v) is 4.59. The number of hydrogen-bond donors (Lipinski definition) is 1. The Hall–Kier alpha value is -0.830. The van der Waals surface area contributed by atoms with E-state index < -0.39 is 12.1 Å². The van der Waals surface area contributed by atoms with Gasteiger partial charge >= 0.3 is 5.97 Å². The molecule has 1 rings (SSSR count). The molecule has 0 spiro atoms. The zero-order valence-corrected chi connectivity index (χ0v) is 8.12. The van der Waals surface area contributed by atoms with Gasteiger partial charge in [0.2, 0.25) is 0 Å². The number of aliphatic carboxylic acids is 1. The van der Waals surface area contributed by atoms with Crippen LogP contribution in [0.4, 0.5) is 0 Å². The Bertz CT molecular complexity index is 216. The standard InChI is InChI=1S/C10H16O3/c1-3-4-5-10(6-7-10)8(13-2)9(11)12/h4-5,8H,3,6-7H2,1-2H3,(H,11,12)/b5-4-. The number of rotatable bonds is 5. The largest absolute Gasteiger partial charge is 0.479 e. The first-order chi connectivity index (χ1) is 6.16. The summed E-state index contributed by atoms with van der Waals surface area (Å²) in [6, 6.07) is 0. The zero-order valence-electron chi connectivity index (χ0n) is 8.12. The molecule has 13 heavy (non-hydrogen) atoms. The molecule has 0 aromatic carbocycles. The molecule has 1 N–H and O–H groups in total. The fourth-order valence-electron chi connectivity index (χ4n) is 1.59. The van der Waals surface area contributed by atoms with Gasteiger partial charge < -0.3 is 9.84 Å². The fraction of sp³-hybridized carbons (Fsp3) is 0.700. The number of carboxylic acids is 1. The Kier molecular flexibility index (Phi) is 3.09. The van der Waals surface area contributed by atoms with Crippen LogP contribution in [0.2, 0.25) is 0 Å². The molecule has 1 atom stereocenters. The van der Waals surface area contributed by atoms with Gasteiger partial charge in [-0.15, -0.1) is 0 Å². The zero-order chi connectivity index (χ0) is 9.90. The molecule has 1 unspecified atom stereocenters. The van der Waals surface area contributed by atoms with Crippen LogP contribution < -0.4 is 0 Å². The lowest BCUT2D eigenvalue weighted by Gasteiger charge is -2.18. The van der Waals surface area contributed by atoms with Gasteiger partial charge in [-0.3, -0.25) is 0 Å². The van der Waals surface area contributed by atoms with E-state index in [9.17, 15) is 4.79 Å². The van der Waals surface area contributed by atoms with Gasteiger partial charge in [0.1, 0.15) is 0 Å². The Morgan fingerprint density at radius 3 is 2.62 bits per heavy atom. The quantitative estimate of drug-likeness (QED) is 0.663. The van der Waals surface area contributed by atoms with Gasteiger partial charge in [-0.1, -0.05) is 19.1 Å². The molecule has 3 heteroatoms. The van der Waals surface area contributed by atoms with Crippen molar-refractivity contribution in [3.05, 3.63) is 12.2 Å². The molecule has 0 radical (unpaired) electrons. The Morgan fingerprint density at radius 1 is 1.69 bits per heavy atom. The van der Waals surface area contributed by atoms with Crippen LogP contribution in [0.15, 0.2) is 12.2 Å². The molecule has 0 bridgehead atoms. The number of methoxy groups -OCH3 is 1. The van der Waals surface area contributed by atoms with Gasteiger partial charge in [-0.25, -0.2) is 4.79 Å². The van der Waals surface area contributed by atoms with E-state index in [4.69, 9.17) is 9.84 Å². The van der Waals surface area contributed by atoms with E-state index in [1.54, 1.807) is 0 Å². The fourth-order valence-corrected chi connectivity index (χ4v) is 1.59. The molecular weight excluding hydrogens is 168 g/mol. The van der Waals surface area contributed by atoms with Crippen LogP contribution in [-0.4, -0.2) is 24.3 Å². The van der Waals surface area contributed by atoms with Crippen molar-refractivity contribution in [2.75, 3.05) is 7.11 Å². The summed E-state index contributed by atoms with van der Waals surface area (Å²) in [6.07, 6.45) is 6.13. The predicted octanol–water partition coefficient (Wildman–Crippen LogP) is 1.83. The summed E-state index contributed by atoms with van der Waals surface area (Å²) in [5, 5.41) is 8.89. The molecular formula is C10H16O3. The van der Waals surface area contributed by atoms with Crippen molar-refractivity contribution in [1.29, 1.82) is 0 Å². The molecule has 0 heterocycles. The molecule has 3 nitrogen and oxygen atoms in total. The van der Waals surface area contributed by atoms with Crippen LogP contribution in [0.1, 0.15) is 26.2 Å². The van der Waals surface area contributed by atoms with E-state index in [0.29, 0.717) is 0 Å². The smallest absolute Gasteiger partial charge is 0.333 e. The maximum Gasteiger partial charge on any atom is 0.333 e. The molecule has 0 aromatic heterocycles. The van der Waals surface area contributed by atoms with E-state index in [1.807, 2.05) is 19.1 Å². The Morgan fingerprint density at radius 2 is 2.31 bits per heavy atom. The number of hydrogen-bond acceptors (Lipinski definition) is 2. The van der Waals surface area contributed by atoms with Gasteiger partial charge in [-0.2, -0.15) is 0 Å². The highest BCUT2D eigenvalue weighted by Crippen LogP contribution is 2.51. The van der Waals surface area contributed by atoms with Gasteiger partial charge in [0.15, 0.2) is 6.10 Å². The third-order valence-corrected chi connectivity index (χ3v) is 2.49. The molecule has 1 aliphatic rings. The monoisotopic (exact) mass is 184 g/mol. The van der Waals surface area contributed by atoms with Crippen LogP contribution in [0.3, 0.4) is 0 Å². The second-order valence-corrected chi connectivity index (χ2v) is 3.50. The minimum absolute atomic E-state index is 0.212. The van der Waals surface area contributed by atoms with Crippen molar-refractivity contribution in [2.45, 2.75) is 32.3 Å². The molecule has 1 aliphatic carbocycles. The summed E-state index contributed by atoms with van der Waals surface area (Å²) in [5.41, 5.74) is -0.212. The lowest BCUT2D eigenvalue weighted by Crippen LogP contribution is -2.31. The maximum absolute atomic E-state index is 10.8. The first kappa shape index (κ1) is 10.3. The summed E-state index contributed by atoms with van der Waals surface area (Å²) in [7, 11) is 1.46. The van der Waals surface area contributed by atoms with Crippen molar-refractivity contribution in [3.63, 3.8) is 0 Å². The van der Waals surface area contributed by atoms with Gasteiger partial charge in [0, 0.05) is 12.5 Å². The summed E-state index contributed by atoms with van der Waals surface area (Å²) in [4.78, 5) is 10.8. The van der Waals surface area contributed by atoms with E-state index in [2.05, 4.69) is 0 Å². The van der Waals surface area contributed by atoms with Crippen LogP contribution in [0.25, 0.3) is 0 Å². The second kappa shape index (κ2) is 3.92. The normalized spacial score (nSPS) is 21.7. The number of carboxylic acid groups (broad SMARTS) is 1. The minimum atomic E-state index is -0.860. The number of carbonyl (C=O) groups is 1. The summed E-state index contributed by atoms with van der Waals surface area (Å²) >= 11 is 0. The molecule has 0 saturated heterocycles. The molecule has 74 valence electrons. The van der Waals surface area contributed by atoms with Gasteiger partial charge in [-0.05, 0) is 19.3 Å². The Labute approximate surface area is 78.4 Å². The average Bonchev–Trinajstić information content (AvgIpc) is 2.83. The molecule has 0 aliphatic heterocycles. The maximum atomic E-state index is 10.8. The van der Waals surface area contributed by atoms with Crippen LogP contribution in [0.5, 0.6) is 0 Å². The number of allylic oxidation sites excluding steroid dienone is 1. The predicted molar refractivity (Wildman–Crippen MR) is 49.5 cm³/mol. The van der Waals surface area contributed by atoms with Crippen LogP contribution in [0, 0.1) is 5.41 Å². The van der Waals surface area contributed by atoms with E-state index in [1.165, 1.54) is 7.11 Å². The molecule has 0 amide bonds. The number of ether oxygens (including phenoxy) is 1. The first-order valence-electron chi connectivity index (χ1n) is 4.59. The topological polar surface area (TPSA) is 46.5 Å². The highest BCUT2D eigenvalue weighted by molar-refractivity contribution is 5.74. The minimum Gasteiger partial charge on any atom is -0.479 e. The average molecular weight is 184 g/mol. The van der Waals surface area contributed by atoms with Crippen LogP contribution in [-0.2, 0) is 9.53 Å². The summed E-state index contributed by atoms with van der Waals surface area (Å²) in [5.74, 6) is -0.860. The Balaban J connectivity index is 2.67. The second-order valence-electron chi connectivity index (χ2n) is 3.50. The molecule has 1 saturated carbocycles. The third-order valence-electron chi connectivity index (χ3n) is 2.49. The van der Waals surface area contributed by atoms with Gasteiger partial charge in [0.25, 0.3) is 0 Å². The lowest BCUT2D eigenvalue weighted by molar-refractivity contribution is -0.151. The van der Waals surface area contributed by atoms with E-state index in [-0.39, 0.29) is 5.41 Å². The highest BCUT2D eigenvalue weighted by Gasteiger charge is 2.51. The van der Waals surface area contributed by atoms with E-state index in [0.717, 1.165) is 19.3 Å². The molecule has 1 fully saturated rings. The SMILES string of the molecule is CC/C=C\C1(C(OC)C(=O)O)CC1. The van der Waals surface area contributed by atoms with Gasteiger partial charge in [0.05, 0.1) is 0 Å². The third kappa shape index (κ3) is 2.10. The summed E-state index contributed by atoms with van der Waals surface area (Å²) in [6.45, 7) is 2.04. The lowest BCUT2D eigenvalue weighted by atomic mass is 9.98. The van der Waals surface area contributed by atoms with Crippen molar-refractivity contribution in [1.82, 2.24) is 0 Å².